The van der Waals surface area contributed by atoms with Crippen molar-refractivity contribution in [3.8, 4) is 0 Å². The van der Waals surface area contributed by atoms with E-state index in [-0.39, 0.29) is 0 Å². The maximum absolute atomic E-state index is 5.47. The standard InChI is InChI=1S/C15H16N2OS/c1-2-4-12-11(3-1)9-13(17-12)14-16-10-15(19-14)5-7-18-8-6-15/h1-4,9,17H,5-8,10H2. The van der Waals surface area contributed by atoms with Crippen molar-refractivity contribution in [1.29, 1.82) is 0 Å². The molecule has 0 aliphatic carbocycles. The van der Waals surface area contributed by atoms with E-state index in [2.05, 4.69) is 35.3 Å². The van der Waals surface area contributed by atoms with Crippen LogP contribution in [0.5, 0.6) is 0 Å². The van der Waals surface area contributed by atoms with Crippen LogP contribution >= 0.6 is 11.8 Å². The molecule has 1 saturated heterocycles. The van der Waals surface area contributed by atoms with Crippen LogP contribution in [0.4, 0.5) is 0 Å². The molecule has 2 aliphatic heterocycles. The zero-order chi connectivity index (χ0) is 12.7. The lowest BCUT2D eigenvalue weighted by Gasteiger charge is -2.31. The topological polar surface area (TPSA) is 37.4 Å². The molecule has 1 fully saturated rings. The molecule has 2 aliphatic rings. The van der Waals surface area contributed by atoms with Crippen molar-refractivity contribution in [2.75, 3.05) is 19.8 Å². The van der Waals surface area contributed by atoms with Crippen LogP contribution in [0.25, 0.3) is 10.9 Å². The number of benzene rings is 1. The number of aliphatic imine (C=N–C) groups is 1. The van der Waals surface area contributed by atoms with Crippen LogP contribution in [-0.4, -0.2) is 34.5 Å². The molecule has 98 valence electrons. The van der Waals surface area contributed by atoms with E-state index >= 15 is 0 Å². The number of thioether (sulfide) groups is 1. The van der Waals surface area contributed by atoms with Crippen molar-refractivity contribution >= 4 is 27.7 Å². The maximum atomic E-state index is 5.47. The summed E-state index contributed by atoms with van der Waals surface area (Å²) in [6.07, 6.45) is 2.23. The summed E-state index contributed by atoms with van der Waals surface area (Å²) in [5.74, 6) is 0. The largest absolute Gasteiger partial charge is 0.381 e. The molecule has 0 radical (unpaired) electrons. The molecule has 4 heteroatoms. The third-order valence-corrected chi connectivity index (χ3v) is 5.50. The Bertz CT molecular complexity index is 607. The van der Waals surface area contributed by atoms with Crippen LogP contribution in [0, 0.1) is 0 Å². The number of hydrogen-bond acceptors (Lipinski definition) is 3. The summed E-state index contributed by atoms with van der Waals surface area (Å²) >= 11 is 1.94. The normalized spacial score (nSPS) is 22.0. The lowest BCUT2D eigenvalue weighted by molar-refractivity contribution is 0.0801. The Morgan fingerprint density at radius 3 is 2.89 bits per heavy atom. The molecule has 0 saturated carbocycles. The number of aromatic amines is 1. The summed E-state index contributed by atoms with van der Waals surface area (Å²) in [7, 11) is 0. The Hall–Kier alpha value is -1.26. The number of rotatable bonds is 1. The van der Waals surface area contributed by atoms with E-state index in [0.717, 1.165) is 43.3 Å². The predicted molar refractivity (Wildman–Crippen MR) is 80.1 cm³/mol. The second-order valence-electron chi connectivity index (χ2n) is 5.29. The summed E-state index contributed by atoms with van der Waals surface area (Å²) in [6.45, 7) is 2.69. The quantitative estimate of drug-likeness (QED) is 0.865. The summed E-state index contributed by atoms with van der Waals surface area (Å²) < 4.78 is 5.77. The van der Waals surface area contributed by atoms with Gasteiger partial charge in [-0.3, -0.25) is 4.99 Å². The lowest BCUT2D eigenvalue weighted by Crippen LogP contribution is -2.34. The molecule has 0 bridgehead atoms. The van der Waals surface area contributed by atoms with Crippen LogP contribution in [0.15, 0.2) is 35.3 Å². The van der Waals surface area contributed by atoms with Gasteiger partial charge in [-0.2, -0.15) is 0 Å². The van der Waals surface area contributed by atoms with Gasteiger partial charge in [-0.25, -0.2) is 0 Å². The molecule has 0 amide bonds. The highest BCUT2D eigenvalue weighted by atomic mass is 32.2. The highest BCUT2D eigenvalue weighted by molar-refractivity contribution is 8.15. The number of H-pyrrole nitrogens is 1. The zero-order valence-corrected chi connectivity index (χ0v) is 11.5. The summed E-state index contributed by atoms with van der Waals surface area (Å²) in [6, 6.07) is 10.6. The van der Waals surface area contributed by atoms with Gasteiger partial charge in [-0.1, -0.05) is 30.0 Å². The first-order chi connectivity index (χ1) is 9.35. The Morgan fingerprint density at radius 1 is 1.21 bits per heavy atom. The summed E-state index contributed by atoms with van der Waals surface area (Å²) in [5, 5.41) is 2.42. The van der Waals surface area contributed by atoms with Crippen LogP contribution in [0.2, 0.25) is 0 Å². The van der Waals surface area contributed by atoms with Gasteiger partial charge in [0.05, 0.1) is 12.2 Å². The van der Waals surface area contributed by atoms with Gasteiger partial charge in [0.25, 0.3) is 0 Å². The van der Waals surface area contributed by atoms with Gasteiger partial charge in [-0.15, -0.1) is 0 Å². The van der Waals surface area contributed by atoms with E-state index in [1.165, 1.54) is 10.9 Å². The molecule has 0 atom stereocenters. The molecular formula is C15H16N2OS. The average molecular weight is 272 g/mol. The van der Waals surface area contributed by atoms with Gasteiger partial charge in [0.2, 0.25) is 0 Å². The third-order valence-electron chi connectivity index (χ3n) is 3.99. The van der Waals surface area contributed by atoms with Crippen LogP contribution in [0.3, 0.4) is 0 Å². The van der Waals surface area contributed by atoms with E-state index in [4.69, 9.17) is 9.73 Å². The molecule has 1 aromatic carbocycles. The number of ether oxygens (including phenoxy) is 1. The lowest BCUT2D eigenvalue weighted by atomic mass is 9.99. The van der Waals surface area contributed by atoms with Gasteiger partial charge in [0.1, 0.15) is 5.04 Å². The Morgan fingerprint density at radius 2 is 2.05 bits per heavy atom. The summed E-state index contributed by atoms with van der Waals surface area (Å²) in [5.41, 5.74) is 2.35. The van der Waals surface area contributed by atoms with Crippen LogP contribution in [-0.2, 0) is 4.74 Å². The Balaban J connectivity index is 1.63. The minimum atomic E-state index is 0.297. The Kier molecular flexibility index (Phi) is 2.67. The molecule has 1 spiro atoms. The monoisotopic (exact) mass is 272 g/mol. The molecular weight excluding hydrogens is 256 g/mol. The molecule has 1 aromatic heterocycles. The first-order valence-corrected chi connectivity index (χ1v) is 7.56. The van der Waals surface area contributed by atoms with Gasteiger partial charge in [0.15, 0.2) is 0 Å². The number of nitrogens with zero attached hydrogens (tertiary/aromatic N) is 1. The van der Waals surface area contributed by atoms with E-state index in [1.54, 1.807) is 0 Å². The fourth-order valence-corrected chi connectivity index (χ4v) is 4.08. The van der Waals surface area contributed by atoms with Crippen molar-refractivity contribution in [2.24, 2.45) is 4.99 Å². The highest BCUT2D eigenvalue weighted by Gasteiger charge is 2.39. The van der Waals surface area contributed by atoms with Crippen molar-refractivity contribution in [2.45, 2.75) is 17.6 Å². The Labute approximate surface area is 116 Å². The van der Waals surface area contributed by atoms with Gasteiger partial charge >= 0.3 is 0 Å². The maximum Gasteiger partial charge on any atom is 0.115 e. The molecule has 4 rings (SSSR count). The fourth-order valence-electron chi connectivity index (χ4n) is 2.82. The van der Waals surface area contributed by atoms with Gasteiger partial charge in [-0.05, 0) is 25.0 Å². The van der Waals surface area contributed by atoms with Crippen molar-refractivity contribution in [3.63, 3.8) is 0 Å². The number of aromatic nitrogens is 1. The third kappa shape index (κ3) is 1.99. The van der Waals surface area contributed by atoms with E-state index in [9.17, 15) is 0 Å². The smallest absolute Gasteiger partial charge is 0.115 e. The molecule has 2 aromatic rings. The second kappa shape index (κ2) is 4.39. The number of hydrogen-bond donors (Lipinski definition) is 1. The molecule has 1 N–H and O–H groups in total. The predicted octanol–water partition coefficient (Wildman–Crippen LogP) is 3.21. The van der Waals surface area contributed by atoms with Crippen LogP contribution in [0.1, 0.15) is 18.5 Å². The first kappa shape index (κ1) is 11.6. The summed E-state index contributed by atoms with van der Waals surface area (Å²) in [4.78, 5) is 8.25. The van der Waals surface area contributed by atoms with E-state index in [0.29, 0.717) is 4.75 Å². The molecule has 19 heavy (non-hydrogen) atoms. The number of nitrogens with one attached hydrogen (secondary N) is 1. The fraction of sp³-hybridized carbons (Fsp3) is 0.400. The number of para-hydroxylation sites is 1. The molecule has 3 nitrogen and oxygen atoms in total. The van der Waals surface area contributed by atoms with E-state index in [1.807, 2.05) is 11.8 Å². The highest BCUT2D eigenvalue weighted by Crippen LogP contribution is 2.42. The number of fused-ring (bicyclic) bond motifs is 1. The minimum Gasteiger partial charge on any atom is -0.381 e. The van der Waals surface area contributed by atoms with Gasteiger partial charge < -0.3 is 9.72 Å². The minimum absolute atomic E-state index is 0.297. The van der Waals surface area contributed by atoms with Crippen molar-refractivity contribution in [1.82, 2.24) is 4.98 Å². The van der Waals surface area contributed by atoms with E-state index < -0.39 is 0 Å². The zero-order valence-electron chi connectivity index (χ0n) is 10.7. The SMILES string of the molecule is c1ccc2[nH]c(C3=NCC4(CCOCC4)S3)cc2c1. The van der Waals surface area contributed by atoms with Gasteiger partial charge in [0, 0.05) is 28.9 Å². The molecule has 3 heterocycles. The average Bonchev–Trinajstić information content (AvgIpc) is 3.04. The molecule has 0 unspecified atom stereocenters. The van der Waals surface area contributed by atoms with Crippen LogP contribution < -0.4 is 0 Å². The van der Waals surface area contributed by atoms with Crippen molar-refractivity contribution < 1.29 is 4.74 Å². The first-order valence-electron chi connectivity index (χ1n) is 6.74. The van der Waals surface area contributed by atoms with Crippen molar-refractivity contribution in [3.05, 3.63) is 36.0 Å². The second-order valence-corrected chi connectivity index (χ2v) is 6.75.